The van der Waals surface area contributed by atoms with Gasteiger partial charge in [0.15, 0.2) is 0 Å². The third-order valence-corrected chi connectivity index (χ3v) is 3.17. The van der Waals surface area contributed by atoms with E-state index >= 15 is 0 Å². The van der Waals surface area contributed by atoms with E-state index in [0.717, 1.165) is 24.0 Å². The minimum atomic E-state index is -0.339. The largest absolute Gasteiger partial charge is 0.489 e. The zero-order valence-corrected chi connectivity index (χ0v) is 11.4. The molecule has 2 rings (SSSR count). The summed E-state index contributed by atoms with van der Waals surface area (Å²) >= 11 is 0. The van der Waals surface area contributed by atoms with Crippen LogP contribution in [0.4, 0.5) is 0 Å². The third-order valence-electron chi connectivity index (χ3n) is 3.17. The van der Waals surface area contributed by atoms with E-state index in [2.05, 4.69) is 20.4 Å². The van der Waals surface area contributed by atoms with Gasteiger partial charge in [0.05, 0.1) is 0 Å². The number of aryl methyl sites for hydroxylation is 1. The molecule has 0 N–H and O–H groups in total. The standard InChI is InChI=1S/C16H18O3/c1-4-9-18-14-10-15-13(7-8-16(17)19-15)11(5-2)12(14)6-3/h4,7-8,10H,1,5-6,9H2,2-3H3. The van der Waals surface area contributed by atoms with Crippen molar-refractivity contribution in [3.05, 3.63) is 52.4 Å². The monoisotopic (exact) mass is 258 g/mol. The third kappa shape index (κ3) is 2.55. The lowest BCUT2D eigenvalue weighted by atomic mass is 9.97. The van der Waals surface area contributed by atoms with E-state index in [4.69, 9.17) is 9.15 Å². The normalized spacial score (nSPS) is 10.6. The van der Waals surface area contributed by atoms with Gasteiger partial charge in [-0.2, -0.15) is 0 Å². The highest BCUT2D eigenvalue weighted by molar-refractivity contribution is 5.84. The molecule has 0 atom stereocenters. The van der Waals surface area contributed by atoms with Gasteiger partial charge in [-0.1, -0.05) is 26.5 Å². The summed E-state index contributed by atoms with van der Waals surface area (Å²) in [5, 5.41) is 0.991. The Bertz CT molecular complexity index is 653. The molecule has 0 fully saturated rings. The zero-order valence-electron chi connectivity index (χ0n) is 11.4. The highest BCUT2D eigenvalue weighted by Gasteiger charge is 2.13. The van der Waals surface area contributed by atoms with E-state index in [9.17, 15) is 4.79 Å². The summed E-state index contributed by atoms with van der Waals surface area (Å²) in [6.07, 6.45) is 3.46. The summed E-state index contributed by atoms with van der Waals surface area (Å²) in [4.78, 5) is 11.3. The van der Waals surface area contributed by atoms with Crippen LogP contribution in [0.5, 0.6) is 5.75 Å². The van der Waals surface area contributed by atoms with Crippen molar-refractivity contribution in [2.24, 2.45) is 0 Å². The minimum absolute atomic E-state index is 0.339. The van der Waals surface area contributed by atoms with Crippen molar-refractivity contribution < 1.29 is 9.15 Å². The first-order valence-electron chi connectivity index (χ1n) is 6.53. The second kappa shape index (κ2) is 5.74. The van der Waals surface area contributed by atoms with Crippen molar-refractivity contribution in [3.63, 3.8) is 0 Å². The minimum Gasteiger partial charge on any atom is -0.489 e. The average molecular weight is 258 g/mol. The Balaban J connectivity index is 2.72. The molecule has 0 unspecified atom stereocenters. The molecule has 0 bridgehead atoms. The quantitative estimate of drug-likeness (QED) is 0.609. The molecule has 0 radical (unpaired) electrons. The molecule has 19 heavy (non-hydrogen) atoms. The van der Waals surface area contributed by atoms with Gasteiger partial charge in [-0.3, -0.25) is 0 Å². The van der Waals surface area contributed by atoms with E-state index in [1.807, 2.05) is 6.07 Å². The molecule has 3 heteroatoms. The zero-order chi connectivity index (χ0) is 13.8. The molecule has 0 aliphatic heterocycles. The molecule has 1 heterocycles. The predicted molar refractivity (Wildman–Crippen MR) is 76.9 cm³/mol. The van der Waals surface area contributed by atoms with Gasteiger partial charge < -0.3 is 9.15 Å². The Morgan fingerprint density at radius 3 is 2.63 bits per heavy atom. The molecule has 3 nitrogen and oxygen atoms in total. The van der Waals surface area contributed by atoms with Gasteiger partial charge in [0.2, 0.25) is 0 Å². The van der Waals surface area contributed by atoms with Gasteiger partial charge >= 0.3 is 5.63 Å². The van der Waals surface area contributed by atoms with Crippen molar-refractivity contribution in [2.75, 3.05) is 6.61 Å². The van der Waals surface area contributed by atoms with E-state index < -0.39 is 0 Å². The fourth-order valence-electron chi connectivity index (χ4n) is 2.37. The second-order valence-corrected chi connectivity index (χ2v) is 4.30. The highest BCUT2D eigenvalue weighted by atomic mass is 16.5. The van der Waals surface area contributed by atoms with Crippen LogP contribution in [-0.2, 0) is 12.8 Å². The fourth-order valence-corrected chi connectivity index (χ4v) is 2.37. The summed E-state index contributed by atoms with van der Waals surface area (Å²) in [7, 11) is 0. The van der Waals surface area contributed by atoms with Crippen LogP contribution in [0.15, 0.2) is 40.1 Å². The topological polar surface area (TPSA) is 39.4 Å². The van der Waals surface area contributed by atoms with Crippen LogP contribution >= 0.6 is 0 Å². The predicted octanol–water partition coefficient (Wildman–Crippen LogP) is 3.48. The van der Waals surface area contributed by atoms with Crippen molar-refractivity contribution in [3.8, 4) is 5.75 Å². The Morgan fingerprint density at radius 1 is 1.26 bits per heavy atom. The van der Waals surface area contributed by atoms with Crippen molar-refractivity contribution in [1.29, 1.82) is 0 Å². The molecule has 1 aromatic heterocycles. The Hall–Kier alpha value is -2.03. The van der Waals surface area contributed by atoms with Crippen LogP contribution in [0.3, 0.4) is 0 Å². The SMILES string of the molecule is C=CCOc1cc2oc(=O)ccc2c(CC)c1CC. The van der Waals surface area contributed by atoms with Gasteiger partial charge in [-0.25, -0.2) is 4.79 Å². The number of rotatable bonds is 5. The summed E-state index contributed by atoms with van der Waals surface area (Å²) in [6, 6.07) is 5.10. The van der Waals surface area contributed by atoms with Crippen LogP contribution in [0, 0.1) is 0 Å². The number of hydrogen-bond acceptors (Lipinski definition) is 3. The number of ether oxygens (including phenoxy) is 1. The first-order valence-corrected chi connectivity index (χ1v) is 6.53. The smallest absolute Gasteiger partial charge is 0.336 e. The van der Waals surface area contributed by atoms with Gasteiger partial charge in [-0.15, -0.1) is 0 Å². The molecule has 0 aliphatic carbocycles. The van der Waals surface area contributed by atoms with E-state index in [0.29, 0.717) is 12.2 Å². The maximum atomic E-state index is 11.3. The summed E-state index contributed by atoms with van der Waals surface area (Å²) in [5.41, 5.74) is 2.60. The van der Waals surface area contributed by atoms with Crippen molar-refractivity contribution >= 4 is 11.0 Å². The summed E-state index contributed by atoms with van der Waals surface area (Å²) in [5.74, 6) is 0.779. The molecule has 1 aromatic carbocycles. The van der Waals surface area contributed by atoms with Gasteiger partial charge in [-0.05, 0) is 30.0 Å². The van der Waals surface area contributed by atoms with Crippen LogP contribution in [-0.4, -0.2) is 6.61 Å². The molecule has 0 spiro atoms. The highest BCUT2D eigenvalue weighted by Crippen LogP contribution is 2.31. The molecular formula is C16H18O3. The average Bonchev–Trinajstić information content (AvgIpc) is 2.42. The maximum absolute atomic E-state index is 11.3. The molecule has 0 saturated heterocycles. The van der Waals surface area contributed by atoms with Crippen LogP contribution in [0.1, 0.15) is 25.0 Å². The summed E-state index contributed by atoms with van der Waals surface area (Å²) in [6.45, 7) is 8.29. The first kappa shape index (κ1) is 13.4. The first-order chi connectivity index (χ1) is 9.21. The lowest BCUT2D eigenvalue weighted by Crippen LogP contribution is -2.03. The van der Waals surface area contributed by atoms with Crippen LogP contribution in [0.2, 0.25) is 0 Å². The Morgan fingerprint density at radius 2 is 2.00 bits per heavy atom. The van der Waals surface area contributed by atoms with Gasteiger partial charge in [0.25, 0.3) is 0 Å². The molecule has 100 valence electrons. The maximum Gasteiger partial charge on any atom is 0.336 e. The number of benzene rings is 1. The van der Waals surface area contributed by atoms with Crippen LogP contribution < -0.4 is 10.4 Å². The van der Waals surface area contributed by atoms with Gasteiger partial charge in [0, 0.05) is 17.5 Å². The molecule has 0 saturated carbocycles. The van der Waals surface area contributed by atoms with Gasteiger partial charge in [0.1, 0.15) is 17.9 Å². The fraction of sp³-hybridized carbons (Fsp3) is 0.312. The van der Waals surface area contributed by atoms with E-state index in [-0.39, 0.29) is 5.63 Å². The number of fused-ring (bicyclic) bond motifs is 1. The number of hydrogen-bond donors (Lipinski definition) is 0. The summed E-state index contributed by atoms with van der Waals surface area (Å²) < 4.78 is 11.0. The molecule has 0 amide bonds. The van der Waals surface area contributed by atoms with Crippen molar-refractivity contribution in [1.82, 2.24) is 0 Å². The molecule has 2 aromatic rings. The molecule has 0 aliphatic rings. The van der Waals surface area contributed by atoms with Crippen LogP contribution in [0.25, 0.3) is 11.0 Å². The molecular weight excluding hydrogens is 240 g/mol. The van der Waals surface area contributed by atoms with Crippen molar-refractivity contribution in [2.45, 2.75) is 26.7 Å². The van der Waals surface area contributed by atoms with E-state index in [1.165, 1.54) is 17.2 Å². The lowest BCUT2D eigenvalue weighted by molar-refractivity contribution is 0.358. The lowest BCUT2D eigenvalue weighted by Gasteiger charge is -2.15. The van der Waals surface area contributed by atoms with E-state index in [1.54, 1.807) is 12.1 Å². The Kier molecular flexibility index (Phi) is 4.05. The second-order valence-electron chi connectivity index (χ2n) is 4.30. The Labute approximate surface area is 112 Å².